The molecule has 21 heavy (non-hydrogen) atoms. The number of para-hydroxylation sites is 1. The number of nitrogens with one attached hydrogen (secondary N) is 1. The van der Waals surface area contributed by atoms with E-state index in [9.17, 15) is 9.90 Å². The van der Waals surface area contributed by atoms with E-state index >= 15 is 0 Å². The summed E-state index contributed by atoms with van der Waals surface area (Å²) in [6.45, 7) is 1.93. The van der Waals surface area contributed by atoms with E-state index in [0.29, 0.717) is 21.2 Å². The van der Waals surface area contributed by atoms with Crippen molar-refractivity contribution in [3.63, 3.8) is 0 Å². The molecule has 0 radical (unpaired) electrons. The lowest BCUT2D eigenvalue weighted by Gasteiger charge is -2.04. The van der Waals surface area contributed by atoms with Crippen molar-refractivity contribution in [3.05, 3.63) is 57.7 Å². The van der Waals surface area contributed by atoms with E-state index in [-0.39, 0.29) is 5.69 Å². The number of aromatic amines is 1. The Bertz CT molecular complexity index is 848. The number of aromatic nitrogens is 1. The van der Waals surface area contributed by atoms with Crippen LogP contribution in [-0.2, 0) is 0 Å². The SMILES string of the molecule is Cc1cccc2c(-c3cc(Cl)cc(Cl)c3)c(C(=O)O)[nH]c12. The summed E-state index contributed by atoms with van der Waals surface area (Å²) in [5.74, 6) is -1.02. The second-order valence-corrected chi connectivity index (χ2v) is 5.71. The van der Waals surface area contributed by atoms with Gasteiger partial charge in [0.2, 0.25) is 0 Å². The fourth-order valence-electron chi connectivity index (χ4n) is 2.52. The highest BCUT2D eigenvalue weighted by molar-refractivity contribution is 6.35. The summed E-state index contributed by atoms with van der Waals surface area (Å²) in [4.78, 5) is 14.5. The van der Waals surface area contributed by atoms with Gasteiger partial charge in [-0.3, -0.25) is 0 Å². The van der Waals surface area contributed by atoms with Gasteiger partial charge in [0.25, 0.3) is 0 Å². The predicted molar refractivity (Wildman–Crippen MR) is 85.5 cm³/mol. The molecule has 0 atom stereocenters. The van der Waals surface area contributed by atoms with Gasteiger partial charge in [-0.2, -0.15) is 0 Å². The van der Waals surface area contributed by atoms with Crippen LogP contribution in [0.15, 0.2) is 36.4 Å². The molecule has 0 bridgehead atoms. The summed E-state index contributed by atoms with van der Waals surface area (Å²) >= 11 is 12.1. The van der Waals surface area contributed by atoms with Crippen LogP contribution < -0.4 is 0 Å². The summed E-state index contributed by atoms with van der Waals surface area (Å²) in [5.41, 5.74) is 3.21. The highest BCUT2D eigenvalue weighted by Crippen LogP contribution is 2.36. The van der Waals surface area contributed by atoms with Gasteiger partial charge < -0.3 is 10.1 Å². The second-order valence-electron chi connectivity index (χ2n) is 4.84. The van der Waals surface area contributed by atoms with Crippen LogP contribution in [0.2, 0.25) is 10.0 Å². The largest absolute Gasteiger partial charge is 0.477 e. The molecule has 3 nitrogen and oxygen atoms in total. The van der Waals surface area contributed by atoms with E-state index < -0.39 is 5.97 Å². The maximum Gasteiger partial charge on any atom is 0.352 e. The monoisotopic (exact) mass is 319 g/mol. The van der Waals surface area contributed by atoms with Gasteiger partial charge in [-0.1, -0.05) is 41.4 Å². The van der Waals surface area contributed by atoms with Gasteiger partial charge in [-0.05, 0) is 36.2 Å². The average molecular weight is 320 g/mol. The second kappa shape index (κ2) is 5.10. The Morgan fingerprint density at radius 3 is 2.43 bits per heavy atom. The highest BCUT2D eigenvalue weighted by Gasteiger charge is 2.19. The summed E-state index contributed by atoms with van der Waals surface area (Å²) in [5, 5.41) is 11.2. The smallest absolute Gasteiger partial charge is 0.352 e. The predicted octanol–water partition coefficient (Wildman–Crippen LogP) is 5.15. The summed E-state index contributed by atoms with van der Waals surface area (Å²) in [6, 6.07) is 10.8. The number of aromatic carboxylic acids is 1. The summed E-state index contributed by atoms with van der Waals surface area (Å²) in [7, 11) is 0. The molecule has 3 rings (SSSR count). The molecule has 0 aliphatic rings. The molecule has 106 valence electrons. The Hall–Kier alpha value is -1.97. The minimum atomic E-state index is -1.02. The third-order valence-corrected chi connectivity index (χ3v) is 3.84. The first kappa shape index (κ1) is 14.0. The maximum absolute atomic E-state index is 11.5. The number of hydrogen-bond donors (Lipinski definition) is 2. The molecule has 0 unspecified atom stereocenters. The topological polar surface area (TPSA) is 53.1 Å². The molecule has 1 aromatic heterocycles. The zero-order valence-electron chi connectivity index (χ0n) is 11.1. The Balaban J connectivity index is 2.42. The molecule has 0 amide bonds. The van der Waals surface area contributed by atoms with Gasteiger partial charge >= 0.3 is 5.97 Å². The number of hydrogen-bond acceptors (Lipinski definition) is 1. The van der Waals surface area contributed by atoms with Crippen molar-refractivity contribution in [1.82, 2.24) is 4.98 Å². The Kier molecular flexibility index (Phi) is 3.40. The van der Waals surface area contributed by atoms with E-state index in [2.05, 4.69) is 4.98 Å². The van der Waals surface area contributed by atoms with Crippen LogP contribution in [0.3, 0.4) is 0 Å². The van der Waals surface area contributed by atoms with Crippen molar-refractivity contribution in [2.24, 2.45) is 0 Å². The van der Waals surface area contributed by atoms with Crippen LogP contribution in [0.25, 0.3) is 22.0 Å². The number of halogens is 2. The summed E-state index contributed by atoms with van der Waals surface area (Å²) < 4.78 is 0. The van der Waals surface area contributed by atoms with Gasteiger partial charge in [0, 0.05) is 26.5 Å². The third-order valence-electron chi connectivity index (χ3n) is 3.41. The van der Waals surface area contributed by atoms with Crippen LogP contribution in [0.1, 0.15) is 16.1 Å². The fraction of sp³-hybridized carbons (Fsp3) is 0.0625. The van der Waals surface area contributed by atoms with Crippen molar-refractivity contribution in [1.29, 1.82) is 0 Å². The zero-order valence-corrected chi connectivity index (χ0v) is 12.6. The number of aryl methyl sites for hydroxylation is 1. The number of fused-ring (bicyclic) bond motifs is 1. The quantitative estimate of drug-likeness (QED) is 0.686. The molecule has 5 heteroatoms. The Morgan fingerprint density at radius 2 is 1.81 bits per heavy atom. The normalized spacial score (nSPS) is 11.0. The molecular formula is C16H11Cl2NO2. The molecule has 0 saturated carbocycles. The van der Waals surface area contributed by atoms with Gasteiger partial charge in [0.1, 0.15) is 5.69 Å². The molecule has 2 aromatic carbocycles. The van der Waals surface area contributed by atoms with Crippen LogP contribution in [0, 0.1) is 6.92 Å². The molecule has 2 N–H and O–H groups in total. The lowest BCUT2D eigenvalue weighted by atomic mass is 10.0. The van der Waals surface area contributed by atoms with E-state index in [4.69, 9.17) is 23.2 Å². The van der Waals surface area contributed by atoms with Crippen LogP contribution >= 0.6 is 23.2 Å². The van der Waals surface area contributed by atoms with Crippen molar-refractivity contribution in [3.8, 4) is 11.1 Å². The number of H-pyrrole nitrogens is 1. The van der Waals surface area contributed by atoms with Crippen molar-refractivity contribution < 1.29 is 9.90 Å². The molecule has 0 aliphatic carbocycles. The molecule has 0 aliphatic heterocycles. The van der Waals surface area contributed by atoms with Gasteiger partial charge in [0.15, 0.2) is 0 Å². The third kappa shape index (κ3) is 2.39. The average Bonchev–Trinajstić information content (AvgIpc) is 2.78. The van der Waals surface area contributed by atoms with Gasteiger partial charge in [0.05, 0.1) is 0 Å². The minimum absolute atomic E-state index is 0.137. The van der Waals surface area contributed by atoms with Gasteiger partial charge in [-0.25, -0.2) is 4.79 Å². The van der Waals surface area contributed by atoms with Gasteiger partial charge in [-0.15, -0.1) is 0 Å². The van der Waals surface area contributed by atoms with Crippen LogP contribution in [0.5, 0.6) is 0 Å². The number of carbonyl (C=O) groups is 1. The van der Waals surface area contributed by atoms with Crippen molar-refractivity contribution in [2.45, 2.75) is 6.92 Å². The number of carboxylic acids is 1. The van der Waals surface area contributed by atoms with E-state index in [1.54, 1.807) is 18.2 Å². The number of benzene rings is 2. The Labute approximate surface area is 131 Å². The molecule has 0 fully saturated rings. The van der Waals surface area contributed by atoms with E-state index in [1.165, 1.54) is 0 Å². The van der Waals surface area contributed by atoms with E-state index in [0.717, 1.165) is 16.5 Å². The van der Waals surface area contributed by atoms with E-state index in [1.807, 2.05) is 25.1 Å². The fourth-order valence-corrected chi connectivity index (χ4v) is 3.05. The van der Waals surface area contributed by atoms with Crippen molar-refractivity contribution in [2.75, 3.05) is 0 Å². The molecular weight excluding hydrogens is 309 g/mol. The number of rotatable bonds is 2. The lowest BCUT2D eigenvalue weighted by molar-refractivity contribution is 0.0692. The molecule has 3 aromatic rings. The Morgan fingerprint density at radius 1 is 1.14 bits per heavy atom. The first-order valence-electron chi connectivity index (χ1n) is 6.28. The highest BCUT2D eigenvalue weighted by atomic mass is 35.5. The molecule has 1 heterocycles. The first-order valence-corrected chi connectivity index (χ1v) is 7.04. The minimum Gasteiger partial charge on any atom is -0.477 e. The standard InChI is InChI=1S/C16H11Cl2NO2/c1-8-3-2-4-12-13(15(16(20)21)19-14(8)12)9-5-10(17)7-11(18)6-9/h2-7,19H,1H3,(H,20,21). The molecule has 0 saturated heterocycles. The zero-order chi connectivity index (χ0) is 15.1. The number of carboxylic acid groups (broad SMARTS) is 1. The van der Waals surface area contributed by atoms with Crippen LogP contribution in [-0.4, -0.2) is 16.1 Å². The molecule has 0 spiro atoms. The summed E-state index contributed by atoms with van der Waals surface area (Å²) in [6.07, 6.45) is 0. The van der Waals surface area contributed by atoms with Crippen LogP contribution in [0.4, 0.5) is 0 Å². The first-order chi connectivity index (χ1) is 9.97. The maximum atomic E-state index is 11.5. The lowest BCUT2D eigenvalue weighted by Crippen LogP contribution is -1.98. The van der Waals surface area contributed by atoms with Crippen molar-refractivity contribution >= 4 is 40.1 Å².